The van der Waals surface area contributed by atoms with Gasteiger partial charge >= 0.3 is 5.97 Å². The predicted molar refractivity (Wildman–Crippen MR) is 110 cm³/mol. The Morgan fingerprint density at radius 1 is 1.10 bits per heavy atom. The zero-order valence-electron chi connectivity index (χ0n) is 17.1. The van der Waals surface area contributed by atoms with Crippen molar-refractivity contribution in [1.82, 2.24) is 0 Å². The number of carbonyl (C=O) groups is 1. The van der Waals surface area contributed by atoms with Gasteiger partial charge in [-0.05, 0) is 53.8 Å². The van der Waals surface area contributed by atoms with E-state index in [1.54, 1.807) is 24.3 Å². The molecule has 0 aromatic heterocycles. The molecule has 0 aliphatic heterocycles. The number of nitrogens with zero attached hydrogens (tertiary/aromatic N) is 1. The number of aliphatic carboxylic acids is 1. The monoisotopic (exact) mass is 395 g/mol. The molecule has 2 aromatic carbocycles. The molecule has 0 atom stereocenters. The van der Waals surface area contributed by atoms with Gasteiger partial charge in [0, 0.05) is 0 Å². The third-order valence-electron chi connectivity index (χ3n) is 4.24. The number of aryl methyl sites for hydroxylation is 1. The molecule has 0 saturated heterocycles. The van der Waals surface area contributed by atoms with Crippen LogP contribution in [0.25, 0.3) is 6.08 Å². The summed E-state index contributed by atoms with van der Waals surface area (Å²) >= 11 is 0. The molecule has 0 saturated carbocycles. The van der Waals surface area contributed by atoms with Crippen molar-refractivity contribution in [1.29, 1.82) is 5.26 Å². The first kappa shape index (κ1) is 21.8. The van der Waals surface area contributed by atoms with Crippen LogP contribution >= 0.6 is 0 Å². The van der Waals surface area contributed by atoms with Gasteiger partial charge < -0.3 is 19.3 Å². The van der Waals surface area contributed by atoms with Crippen LogP contribution in [0.3, 0.4) is 0 Å². The molecule has 6 heteroatoms. The van der Waals surface area contributed by atoms with Crippen LogP contribution in [0.5, 0.6) is 17.2 Å². The first-order valence-corrected chi connectivity index (χ1v) is 9.25. The van der Waals surface area contributed by atoms with Crippen LogP contribution < -0.4 is 14.2 Å². The van der Waals surface area contributed by atoms with Crippen LogP contribution in [0.15, 0.2) is 42.0 Å². The summed E-state index contributed by atoms with van der Waals surface area (Å²) in [5.41, 5.74) is 2.46. The third kappa shape index (κ3) is 6.01. The molecule has 0 spiro atoms. The van der Waals surface area contributed by atoms with Gasteiger partial charge in [-0.25, -0.2) is 4.79 Å². The summed E-state index contributed by atoms with van der Waals surface area (Å²) in [6.07, 6.45) is 1.28. The zero-order valence-corrected chi connectivity index (χ0v) is 17.1. The van der Waals surface area contributed by atoms with E-state index in [9.17, 15) is 4.79 Å². The van der Waals surface area contributed by atoms with E-state index in [0.29, 0.717) is 36.2 Å². The van der Waals surface area contributed by atoms with Gasteiger partial charge in [-0.15, -0.1) is 0 Å². The van der Waals surface area contributed by atoms with E-state index in [4.69, 9.17) is 24.6 Å². The fraction of sp³-hybridized carbons (Fsp3) is 0.304. The third-order valence-corrected chi connectivity index (χ3v) is 4.24. The van der Waals surface area contributed by atoms with Gasteiger partial charge in [0.15, 0.2) is 11.5 Å². The van der Waals surface area contributed by atoms with Gasteiger partial charge in [0.2, 0.25) is 0 Å². The molecule has 0 unspecified atom stereocenters. The van der Waals surface area contributed by atoms with Gasteiger partial charge in [0.1, 0.15) is 30.6 Å². The first-order valence-electron chi connectivity index (χ1n) is 9.25. The minimum Gasteiger partial charge on any atom is -0.493 e. The Kier molecular flexibility index (Phi) is 7.67. The Morgan fingerprint density at radius 2 is 1.79 bits per heavy atom. The summed E-state index contributed by atoms with van der Waals surface area (Å²) in [7, 11) is 1.50. The average molecular weight is 395 g/mol. The Labute approximate surface area is 171 Å². The maximum atomic E-state index is 11.0. The number of benzene rings is 2. The highest BCUT2D eigenvalue weighted by atomic mass is 16.5. The molecular formula is C23H25NO5. The second kappa shape index (κ2) is 10.2. The van der Waals surface area contributed by atoms with Crippen molar-refractivity contribution in [2.75, 3.05) is 20.3 Å². The van der Waals surface area contributed by atoms with Crippen LogP contribution in [-0.2, 0) is 4.79 Å². The number of hydrogen-bond acceptors (Lipinski definition) is 5. The molecule has 0 aliphatic rings. The summed E-state index contributed by atoms with van der Waals surface area (Å²) in [5, 5.41) is 17.8. The molecule has 0 aliphatic carbocycles. The van der Waals surface area contributed by atoms with Crippen LogP contribution in [0.2, 0.25) is 0 Å². The summed E-state index contributed by atoms with van der Waals surface area (Å²) in [6.45, 7) is 6.95. The summed E-state index contributed by atoms with van der Waals surface area (Å²) in [6, 6.07) is 12.8. The number of carboxylic acids is 1. The van der Waals surface area contributed by atoms with Gasteiger partial charge in [-0.3, -0.25) is 0 Å². The van der Waals surface area contributed by atoms with Crippen LogP contribution in [-0.4, -0.2) is 31.4 Å². The second-order valence-electron chi connectivity index (χ2n) is 6.78. The quantitative estimate of drug-likeness (QED) is 0.380. The smallest absolute Gasteiger partial charge is 0.346 e. The molecule has 2 aromatic rings. The standard InChI is InChI=1S/C23H25NO5/c1-15(2)19-7-5-16(3)11-21(19)29-10-9-28-20-8-6-17(13-22(20)27-4)12-18(14-24)23(25)26/h5-8,11-13,15H,9-10H2,1-4H3,(H,25,26). The molecule has 1 N–H and O–H groups in total. The molecule has 0 amide bonds. The molecule has 6 nitrogen and oxygen atoms in total. The van der Waals surface area contributed by atoms with Crippen molar-refractivity contribution in [3.05, 3.63) is 58.7 Å². The van der Waals surface area contributed by atoms with Gasteiger partial charge in [-0.1, -0.05) is 32.0 Å². The lowest BCUT2D eigenvalue weighted by Crippen LogP contribution is -2.11. The van der Waals surface area contributed by atoms with Crippen molar-refractivity contribution in [3.8, 4) is 23.3 Å². The highest BCUT2D eigenvalue weighted by molar-refractivity contribution is 5.96. The maximum Gasteiger partial charge on any atom is 0.346 e. The Morgan fingerprint density at radius 3 is 2.38 bits per heavy atom. The minimum absolute atomic E-state index is 0.315. The van der Waals surface area contributed by atoms with Crippen LogP contribution in [0.4, 0.5) is 0 Å². The van der Waals surface area contributed by atoms with E-state index in [0.717, 1.165) is 16.9 Å². The number of rotatable bonds is 9. The van der Waals surface area contributed by atoms with Gasteiger partial charge in [0.05, 0.1) is 7.11 Å². The van der Waals surface area contributed by atoms with E-state index in [1.165, 1.54) is 13.2 Å². The van der Waals surface area contributed by atoms with E-state index in [2.05, 4.69) is 26.0 Å². The lowest BCUT2D eigenvalue weighted by molar-refractivity contribution is -0.132. The lowest BCUT2D eigenvalue weighted by Gasteiger charge is -2.16. The number of nitriles is 1. The largest absolute Gasteiger partial charge is 0.493 e. The highest BCUT2D eigenvalue weighted by Crippen LogP contribution is 2.30. The molecule has 29 heavy (non-hydrogen) atoms. The number of ether oxygens (including phenoxy) is 3. The SMILES string of the molecule is COc1cc(C=C(C#N)C(=O)O)ccc1OCCOc1cc(C)ccc1C(C)C. The van der Waals surface area contributed by atoms with E-state index < -0.39 is 5.97 Å². The highest BCUT2D eigenvalue weighted by Gasteiger charge is 2.10. The fourth-order valence-electron chi connectivity index (χ4n) is 2.75. The van der Waals surface area contributed by atoms with Crippen molar-refractivity contribution < 1.29 is 24.1 Å². The van der Waals surface area contributed by atoms with Gasteiger partial charge in [0.25, 0.3) is 0 Å². The molecule has 0 fully saturated rings. The lowest BCUT2D eigenvalue weighted by atomic mass is 10.0. The Balaban J connectivity index is 2.04. The maximum absolute atomic E-state index is 11.0. The summed E-state index contributed by atoms with van der Waals surface area (Å²) < 4.78 is 17.0. The van der Waals surface area contributed by atoms with E-state index in [-0.39, 0.29) is 5.57 Å². The second-order valence-corrected chi connectivity index (χ2v) is 6.78. The Bertz CT molecular complexity index is 941. The number of hydrogen-bond donors (Lipinski definition) is 1. The average Bonchev–Trinajstić information content (AvgIpc) is 2.69. The number of carboxylic acid groups (broad SMARTS) is 1. The molecular weight excluding hydrogens is 370 g/mol. The van der Waals surface area contributed by atoms with Gasteiger partial charge in [-0.2, -0.15) is 5.26 Å². The number of methoxy groups -OCH3 is 1. The summed E-state index contributed by atoms with van der Waals surface area (Å²) in [5.74, 6) is 0.890. The topological polar surface area (TPSA) is 88.8 Å². The van der Waals surface area contributed by atoms with Crippen molar-refractivity contribution in [3.63, 3.8) is 0 Å². The van der Waals surface area contributed by atoms with Crippen LogP contribution in [0.1, 0.15) is 36.5 Å². The predicted octanol–water partition coefficient (Wildman–Crippen LogP) is 4.58. The van der Waals surface area contributed by atoms with Crippen molar-refractivity contribution in [2.24, 2.45) is 0 Å². The molecule has 152 valence electrons. The molecule has 0 bridgehead atoms. The molecule has 0 radical (unpaired) electrons. The first-order chi connectivity index (χ1) is 13.8. The Hall–Kier alpha value is -3.46. The molecule has 2 rings (SSSR count). The van der Waals surface area contributed by atoms with Crippen molar-refractivity contribution >= 4 is 12.0 Å². The molecule has 0 heterocycles. The summed E-state index contributed by atoms with van der Waals surface area (Å²) in [4.78, 5) is 11.0. The van der Waals surface area contributed by atoms with Crippen LogP contribution in [0, 0.1) is 18.3 Å². The van der Waals surface area contributed by atoms with E-state index >= 15 is 0 Å². The fourth-order valence-corrected chi connectivity index (χ4v) is 2.75. The minimum atomic E-state index is -1.28. The normalized spacial score (nSPS) is 11.1. The zero-order chi connectivity index (χ0) is 21.4. The van der Waals surface area contributed by atoms with Crippen molar-refractivity contribution in [2.45, 2.75) is 26.7 Å². The van der Waals surface area contributed by atoms with E-state index in [1.807, 2.05) is 13.0 Å².